The molecule has 21 heavy (non-hydrogen) atoms. The molecule has 0 aromatic heterocycles. The van der Waals surface area contributed by atoms with Gasteiger partial charge in [0.1, 0.15) is 0 Å². The lowest BCUT2D eigenvalue weighted by Crippen LogP contribution is -2.30. The highest BCUT2D eigenvalue weighted by Gasteiger charge is 2.31. The molecule has 1 nitrogen and oxygen atoms in total. The first-order valence-corrected chi connectivity index (χ1v) is 7.82. The molecule has 1 atom stereocenters. The van der Waals surface area contributed by atoms with Crippen molar-refractivity contribution < 1.29 is 13.2 Å². The van der Waals surface area contributed by atoms with E-state index in [1.165, 1.54) is 25.0 Å². The molecule has 1 saturated carbocycles. The Hall–Kier alpha value is -1.03. The minimum Gasteiger partial charge on any atom is -0.310 e. The summed E-state index contributed by atoms with van der Waals surface area (Å²) < 4.78 is 38.0. The summed E-state index contributed by atoms with van der Waals surface area (Å²) in [6.45, 7) is 5.15. The summed E-state index contributed by atoms with van der Waals surface area (Å²) in [5.41, 5.74) is 0.406. The number of hydrogen-bond acceptors (Lipinski definition) is 1. The van der Waals surface area contributed by atoms with Gasteiger partial charge in [-0.25, -0.2) is 0 Å². The number of hydrogen-bond donors (Lipinski definition) is 1. The van der Waals surface area contributed by atoms with Gasteiger partial charge in [-0.15, -0.1) is 0 Å². The molecule has 0 heterocycles. The quantitative estimate of drug-likeness (QED) is 0.807. The molecule has 1 N–H and O–H groups in total. The highest BCUT2D eigenvalue weighted by atomic mass is 19.4. The smallest absolute Gasteiger partial charge is 0.310 e. The zero-order valence-corrected chi connectivity index (χ0v) is 12.7. The molecule has 0 bridgehead atoms. The second-order valence-electron chi connectivity index (χ2n) is 6.18. The minimum absolute atomic E-state index is 0.171. The lowest BCUT2D eigenvalue weighted by molar-refractivity contribution is -0.137. The SMILES string of the molecule is CCNC(c1ccc(C(F)(F)F)cc1)C1CCC(C)CC1. The summed E-state index contributed by atoms with van der Waals surface area (Å²) in [4.78, 5) is 0. The molecule has 1 aromatic carbocycles. The maximum atomic E-state index is 12.7. The third-order valence-electron chi connectivity index (χ3n) is 4.55. The van der Waals surface area contributed by atoms with Gasteiger partial charge in [-0.3, -0.25) is 0 Å². The summed E-state index contributed by atoms with van der Waals surface area (Å²) in [5, 5.41) is 3.46. The average Bonchev–Trinajstić information content (AvgIpc) is 2.45. The van der Waals surface area contributed by atoms with Gasteiger partial charge in [-0.2, -0.15) is 13.2 Å². The lowest BCUT2D eigenvalue weighted by atomic mass is 9.77. The molecule has 1 unspecified atom stereocenters. The molecule has 1 aromatic rings. The van der Waals surface area contributed by atoms with Crippen molar-refractivity contribution in [2.75, 3.05) is 6.54 Å². The average molecular weight is 299 g/mol. The first-order chi connectivity index (χ1) is 9.91. The van der Waals surface area contributed by atoms with Crippen molar-refractivity contribution >= 4 is 0 Å². The molecule has 4 heteroatoms. The molecular formula is C17H24F3N. The van der Waals surface area contributed by atoms with Crippen LogP contribution in [-0.4, -0.2) is 6.54 Å². The third-order valence-corrected chi connectivity index (χ3v) is 4.55. The van der Waals surface area contributed by atoms with E-state index in [1.807, 2.05) is 6.92 Å². The number of benzene rings is 1. The Labute approximate surface area is 124 Å². The van der Waals surface area contributed by atoms with Crippen LogP contribution in [-0.2, 0) is 6.18 Å². The molecule has 0 saturated heterocycles. The fourth-order valence-corrected chi connectivity index (χ4v) is 3.28. The normalized spacial score (nSPS) is 24.8. The van der Waals surface area contributed by atoms with Gasteiger partial charge in [0, 0.05) is 6.04 Å². The summed E-state index contributed by atoms with van der Waals surface area (Å²) in [6.07, 6.45) is 0.479. The van der Waals surface area contributed by atoms with Crippen molar-refractivity contribution in [3.63, 3.8) is 0 Å². The van der Waals surface area contributed by atoms with Crippen molar-refractivity contribution in [1.29, 1.82) is 0 Å². The van der Waals surface area contributed by atoms with Crippen molar-refractivity contribution in [3.05, 3.63) is 35.4 Å². The van der Waals surface area contributed by atoms with Crippen LogP contribution in [0, 0.1) is 11.8 Å². The molecule has 0 amide bonds. The van der Waals surface area contributed by atoms with Crippen LogP contribution in [0.2, 0.25) is 0 Å². The zero-order valence-electron chi connectivity index (χ0n) is 12.7. The van der Waals surface area contributed by atoms with Gasteiger partial charge in [-0.05, 0) is 48.9 Å². The van der Waals surface area contributed by atoms with Crippen molar-refractivity contribution in [1.82, 2.24) is 5.32 Å². The topological polar surface area (TPSA) is 12.0 Å². The van der Waals surface area contributed by atoms with Crippen LogP contribution < -0.4 is 5.32 Å². The van der Waals surface area contributed by atoms with E-state index in [4.69, 9.17) is 0 Å². The first kappa shape index (κ1) is 16.3. The molecule has 1 aliphatic rings. The Balaban J connectivity index is 2.14. The van der Waals surface area contributed by atoms with E-state index in [2.05, 4.69) is 12.2 Å². The van der Waals surface area contributed by atoms with Gasteiger partial charge in [0.2, 0.25) is 0 Å². The fourth-order valence-electron chi connectivity index (χ4n) is 3.28. The Morgan fingerprint density at radius 2 is 1.67 bits per heavy atom. The second kappa shape index (κ2) is 6.82. The van der Waals surface area contributed by atoms with Crippen LogP contribution in [0.5, 0.6) is 0 Å². The molecule has 1 aliphatic carbocycles. The standard InChI is InChI=1S/C17H24F3N/c1-3-21-16(13-6-4-12(2)5-7-13)14-8-10-15(11-9-14)17(18,19)20/h8-13,16,21H,3-7H2,1-2H3. The second-order valence-corrected chi connectivity index (χ2v) is 6.18. The van der Waals surface area contributed by atoms with E-state index < -0.39 is 11.7 Å². The highest BCUT2D eigenvalue weighted by molar-refractivity contribution is 5.27. The Morgan fingerprint density at radius 1 is 1.10 bits per heavy atom. The highest BCUT2D eigenvalue weighted by Crippen LogP contribution is 2.37. The van der Waals surface area contributed by atoms with Crippen LogP contribution in [0.25, 0.3) is 0 Å². The van der Waals surface area contributed by atoms with Gasteiger partial charge >= 0.3 is 6.18 Å². The number of rotatable bonds is 4. The van der Waals surface area contributed by atoms with Crippen LogP contribution in [0.1, 0.15) is 56.7 Å². The molecule has 0 spiro atoms. The fraction of sp³-hybridized carbons (Fsp3) is 0.647. The molecule has 0 radical (unpaired) electrons. The Kier molecular flexibility index (Phi) is 5.31. The molecule has 1 fully saturated rings. The minimum atomic E-state index is -4.26. The van der Waals surface area contributed by atoms with E-state index in [0.29, 0.717) is 5.92 Å². The lowest BCUT2D eigenvalue weighted by Gasteiger charge is -2.33. The third kappa shape index (κ3) is 4.22. The molecule has 118 valence electrons. The van der Waals surface area contributed by atoms with E-state index in [-0.39, 0.29) is 6.04 Å². The van der Waals surface area contributed by atoms with Gasteiger partial charge < -0.3 is 5.32 Å². The van der Waals surface area contributed by atoms with Gasteiger partial charge in [0.15, 0.2) is 0 Å². The van der Waals surface area contributed by atoms with E-state index in [0.717, 1.165) is 30.9 Å². The molecule has 0 aliphatic heterocycles. The van der Waals surface area contributed by atoms with E-state index in [9.17, 15) is 13.2 Å². The van der Waals surface area contributed by atoms with Crippen molar-refractivity contribution in [2.24, 2.45) is 11.8 Å². The van der Waals surface area contributed by atoms with Gasteiger partial charge in [0.05, 0.1) is 5.56 Å². The molecule has 2 rings (SSSR count). The van der Waals surface area contributed by atoms with Gasteiger partial charge in [-0.1, -0.05) is 38.8 Å². The maximum absolute atomic E-state index is 12.7. The van der Waals surface area contributed by atoms with Gasteiger partial charge in [0.25, 0.3) is 0 Å². The number of halogens is 3. The number of nitrogens with one attached hydrogen (secondary N) is 1. The first-order valence-electron chi connectivity index (χ1n) is 7.82. The Bertz CT molecular complexity index is 430. The predicted molar refractivity (Wildman–Crippen MR) is 79.0 cm³/mol. The monoisotopic (exact) mass is 299 g/mol. The predicted octanol–water partition coefficient (Wildman–Crippen LogP) is 5.18. The van der Waals surface area contributed by atoms with E-state index >= 15 is 0 Å². The van der Waals surface area contributed by atoms with Crippen molar-refractivity contribution in [3.8, 4) is 0 Å². The zero-order chi connectivity index (χ0) is 15.5. The van der Waals surface area contributed by atoms with E-state index in [1.54, 1.807) is 12.1 Å². The summed E-state index contributed by atoms with van der Waals surface area (Å²) in [6, 6.07) is 5.84. The largest absolute Gasteiger partial charge is 0.416 e. The van der Waals surface area contributed by atoms with Crippen LogP contribution in [0.4, 0.5) is 13.2 Å². The Morgan fingerprint density at radius 3 is 2.14 bits per heavy atom. The summed E-state index contributed by atoms with van der Waals surface area (Å²) >= 11 is 0. The summed E-state index contributed by atoms with van der Waals surface area (Å²) in [5.74, 6) is 1.30. The van der Waals surface area contributed by atoms with Crippen LogP contribution in [0.15, 0.2) is 24.3 Å². The molecular weight excluding hydrogens is 275 g/mol. The van der Waals surface area contributed by atoms with Crippen LogP contribution in [0.3, 0.4) is 0 Å². The van der Waals surface area contributed by atoms with Crippen molar-refractivity contribution in [2.45, 2.75) is 51.7 Å². The maximum Gasteiger partial charge on any atom is 0.416 e. The number of alkyl halides is 3. The summed E-state index contributed by atoms with van der Waals surface area (Å²) in [7, 11) is 0. The van der Waals surface area contributed by atoms with Crippen LogP contribution >= 0.6 is 0 Å².